The number of hydrogen-bond donors (Lipinski definition) is 0. The molecule has 0 amide bonds. The molecule has 0 radical (unpaired) electrons. The van der Waals surface area contributed by atoms with Gasteiger partial charge in [0.05, 0.1) is 11.6 Å². The highest BCUT2D eigenvalue weighted by Crippen LogP contribution is 2.11. The topological polar surface area (TPSA) is 78.1 Å². The number of rotatable bonds is 0. The Kier molecular flexibility index (Phi) is 4.81. The van der Waals surface area contributed by atoms with Gasteiger partial charge in [0, 0.05) is 12.1 Å². The highest BCUT2D eigenvalue weighted by atomic mass is 19.4. The van der Waals surface area contributed by atoms with Gasteiger partial charge in [-0.25, -0.2) is 4.98 Å². The van der Waals surface area contributed by atoms with Crippen LogP contribution in [0.2, 0.25) is 0 Å². The van der Waals surface area contributed by atoms with Crippen LogP contribution in [0.1, 0.15) is 5.56 Å². The molecule has 7 heteroatoms. The molecule has 1 aromatic heterocycles. The molecule has 0 spiro atoms. The minimum Gasteiger partial charge on any atom is -0.542 e. The molecule has 0 aliphatic carbocycles. The minimum atomic E-state index is -5.19. The van der Waals surface area contributed by atoms with E-state index < -0.39 is 12.1 Å². The molecule has 0 aliphatic heterocycles. The van der Waals surface area contributed by atoms with E-state index in [4.69, 9.17) is 15.2 Å². The summed E-state index contributed by atoms with van der Waals surface area (Å²) in [5, 5.41) is 17.1. The van der Waals surface area contributed by atoms with Gasteiger partial charge in [0.1, 0.15) is 5.97 Å². The van der Waals surface area contributed by atoms with Crippen LogP contribution in [0.15, 0.2) is 24.5 Å². The summed E-state index contributed by atoms with van der Waals surface area (Å²) in [5.41, 5.74) is 0.684. The fourth-order valence-corrected chi connectivity index (χ4v) is 0.461. The summed E-state index contributed by atoms with van der Waals surface area (Å²) in [5.74, 6) is -3.01. The van der Waals surface area contributed by atoms with Crippen molar-refractivity contribution in [1.29, 1.82) is 5.26 Å². The lowest BCUT2D eigenvalue weighted by atomic mass is 10.3. The summed E-state index contributed by atoms with van der Waals surface area (Å²) in [6, 6.07) is 5.45. The maximum Gasteiger partial charge on any atom is 0.430 e. The van der Waals surface area contributed by atoms with Crippen molar-refractivity contribution in [2.24, 2.45) is 0 Å². The summed E-state index contributed by atoms with van der Waals surface area (Å²) in [6.45, 7) is 0. The highest BCUT2D eigenvalue weighted by Gasteiger charge is 2.28. The predicted molar refractivity (Wildman–Crippen MR) is 38.8 cm³/mol. The lowest BCUT2D eigenvalue weighted by Gasteiger charge is -2.03. The van der Waals surface area contributed by atoms with Crippen LogP contribution in [0.3, 0.4) is 0 Å². The van der Waals surface area contributed by atoms with Crippen LogP contribution in [-0.2, 0) is 4.79 Å². The molecule has 1 aromatic rings. The van der Waals surface area contributed by atoms with E-state index in [0.717, 1.165) is 0 Å². The van der Waals surface area contributed by atoms with Crippen LogP contribution < -0.4 is 10.1 Å². The first-order chi connectivity index (χ1) is 6.88. The number of aliphatic carboxylic acids is 1. The standard InChI is InChI=1S/C6H4N2.C2HF3O2/c7-5-6-1-3-8-4-2-6;3-2(4,5)1(6)7/h1-4H;(H,6,7). The first-order valence-corrected chi connectivity index (χ1v) is 3.52. The second-order valence-electron chi connectivity index (χ2n) is 2.19. The number of H-pyrrole nitrogens is 1. The first-order valence-electron chi connectivity index (χ1n) is 3.52. The van der Waals surface area contributed by atoms with Crippen molar-refractivity contribution in [2.45, 2.75) is 6.18 Å². The van der Waals surface area contributed by atoms with Gasteiger partial charge < -0.3 is 9.90 Å². The van der Waals surface area contributed by atoms with Gasteiger partial charge in [0.25, 0.3) is 0 Å². The predicted octanol–water partition coefficient (Wildman–Crippen LogP) is -0.329. The summed E-state index contributed by atoms with van der Waals surface area (Å²) < 4.78 is 31.5. The van der Waals surface area contributed by atoms with Crippen molar-refractivity contribution in [1.82, 2.24) is 0 Å². The van der Waals surface area contributed by atoms with Crippen molar-refractivity contribution in [3.05, 3.63) is 30.1 Å². The third-order valence-corrected chi connectivity index (χ3v) is 1.08. The SMILES string of the molecule is N#Cc1cc[nH+]cc1.O=C([O-])C(F)(F)F. The Balaban J connectivity index is 0.000000265. The number of carboxylic acids is 1. The largest absolute Gasteiger partial charge is 0.542 e. The van der Waals surface area contributed by atoms with Crippen LogP contribution in [0, 0.1) is 11.3 Å². The zero-order valence-electron chi connectivity index (χ0n) is 7.21. The van der Waals surface area contributed by atoms with Gasteiger partial charge in [-0.2, -0.15) is 18.4 Å². The van der Waals surface area contributed by atoms with Crippen molar-refractivity contribution >= 4 is 5.97 Å². The molecule has 1 heterocycles. The highest BCUT2D eigenvalue weighted by molar-refractivity contribution is 5.70. The first kappa shape index (κ1) is 12.9. The second-order valence-corrected chi connectivity index (χ2v) is 2.19. The summed E-state index contributed by atoms with van der Waals surface area (Å²) >= 11 is 0. The molecule has 0 bridgehead atoms. The molecular formula is C8H5F3N2O2. The van der Waals surface area contributed by atoms with Gasteiger partial charge in [-0.3, -0.25) is 0 Å². The van der Waals surface area contributed by atoms with E-state index in [1.807, 2.05) is 6.07 Å². The normalized spacial score (nSPS) is 9.47. The monoisotopic (exact) mass is 218 g/mol. The van der Waals surface area contributed by atoms with Gasteiger partial charge in [-0.15, -0.1) is 0 Å². The summed E-state index contributed by atoms with van der Waals surface area (Å²) in [6.07, 6.45) is -1.75. The number of carbonyl (C=O) groups is 1. The molecule has 0 aliphatic rings. The van der Waals surface area contributed by atoms with E-state index in [0.29, 0.717) is 5.56 Å². The maximum absolute atomic E-state index is 10.5. The van der Waals surface area contributed by atoms with E-state index >= 15 is 0 Å². The molecule has 4 nitrogen and oxygen atoms in total. The van der Waals surface area contributed by atoms with Crippen molar-refractivity contribution in [2.75, 3.05) is 0 Å². The second kappa shape index (κ2) is 5.59. The van der Waals surface area contributed by atoms with E-state index in [1.165, 1.54) is 0 Å². The van der Waals surface area contributed by atoms with Crippen LogP contribution >= 0.6 is 0 Å². The zero-order chi connectivity index (χ0) is 11.9. The molecule has 15 heavy (non-hydrogen) atoms. The van der Waals surface area contributed by atoms with E-state index in [2.05, 4.69) is 4.98 Å². The summed E-state index contributed by atoms with van der Waals surface area (Å²) in [7, 11) is 0. The maximum atomic E-state index is 10.5. The average Bonchev–Trinajstić information content (AvgIpc) is 2.18. The number of nitriles is 1. The van der Waals surface area contributed by atoms with Crippen molar-refractivity contribution in [3.63, 3.8) is 0 Å². The molecule has 0 fully saturated rings. The molecular weight excluding hydrogens is 213 g/mol. The van der Waals surface area contributed by atoms with Gasteiger partial charge in [0.15, 0.2) is 12.4 Å². The van der Waals surface area contributed by atoms with Gasteiger partial charge in [-0.1, -0.05) is 0 Å². The number of alkyl halides is 3. The number of hydrogen-bond acceptors (Lipinski definition) is 3. The average molecular weight is 218 g/mol. The Labute approximate surface area is 82.6 Å². The molecule has 0 saturated carbocycles. The molecule has 1 N–H and O–H groups in total. The number of aromatic amines is 1. The number of nitrogens with zero attached hydrogens (tertiary/aromatic N) is 1. The number of halogens is 3. The lowest BCUT2D eigenvalue weighted by Crippen LogP contribution is -2.37. The van der Waals surface area contributed by atoms with Gasteiger partial charge >= 0.3 is 6.18 Å². The van der Waals surface area contributed by atoms with Crippen molar-refractivity contribution < 1.29 is 28.1 Å². The van der Waals surface area contributed by atoms with Crippen LogP contribution in [-0.4, -0.2) is 12.1 Å². The molecule has 1 rings (SSSR count). The number of pyridine rings is 1. The Morgan fingerprint density at radius 1 is 1.40 bits per heavy atom. The number of carboxylic acid groups (broad SMARTS) is 1. The van der Waals surface area contributed by atoms with E-state index in [1.54, 1.807) is 24.5 Å². The van der Waals surface area contributed by atoms with Crippen LogP contribution in [0.4, 0.5) is 13.2 Å². The molecule has 0 aromatic carbocycles. The molecule has 0 unspecified atom stereocenters. The third kappa shape index (κ3) is 6.04. The Bertz CT molecular complexity index is 356. The zero-order valence-corrected chi connectivity index (χ0v) is 7.21. The fourth-order valence-electron chi connectivity index (χ4n) is 0.461. The third-order valence-electron chi connectivity index (χ3n) is 1.08. The molecule has 80 valence electrons. The minimum absolute atomic E-state index is 0.684. The fraction of sp³-hybridized carbons (Fsp3) is 0.125. The molecule has 0 saturated heterocycles. The number of aromatic nitrogens is 1. The lowest BCUT2D eigenvalue weighted by molar-refractivity contribution is -0.378. The van der Waals surface area contributed by atoms with E-state index in [9.17, 15) is 13.2 Å². The van der Waals surface area contributed by atoms with Crippen LogP contribution in [0.5, 0.6) is 0 Å². The summed E-state index contributed by atoms with van der Waals surface area (Å²) in [4.78, 5) is 11.6. The number of nitrogens with one attached hydrogen (secondary N) is 1. The van der Waals surface area contributed by atoms with Crippen LogP contribution in [0.25, 0.3) is 0 Å². The Morgan fingerprint density at radius 3 is 2.00 bits per heavy atom. The Hall–Kier alpha value is -2.10. The number of carbonyl (C=O) groups excluding carboxylic acids is 1. The molecule has 0 atom stereocenters. The Morgan fingerprint density at radius 2 is 1.80 bits per heavy atom. The van der Waals surface area contributed by atoms with E-state index in [-0.39, 0.29) is 0 Å². The van der Waals surface area contributed by atoms with Crippen molar-refractivity contribution in [3.8, 4) is 6.07 Å². The smallest absolute Gasteiger partial charge is 0.430 e. The van der Waals surface area contributed by atoms with Gasteiger partial charge in [-0.05, 0) is 0 Å². The van der Waals surface area contributed by atoms with Gasteiger partial charge in [0.2, 0.25) is 0 Å². The quantitative estimate of drug-likeness (QED) is 0.598.